The summed E-state index contributed by atoms with van der Waals surface area (Å²) in [4.78, 5) is 39.8. The van der Waals surface area contributed by atoms with E-state index in [1.54, 1.807) is 19.1 Å². The molecular weight excluding hydrogens is 603 g/mol. The minimum atomic E-state index is -4.10. The van der Waals surface area contributed by atoms with E-state index in [2.05, 4.69) is 5.32 Å². The van der Waals surface area contributed by atoms with Crippen molar-refractivity contribution in [2.75, 3.05) is 23.7 Å². The maximum atomic E-state index is 14.1. The molecule has 0 saturated carbocycles. The number of rotatable bonds is 13. The van der Waals surface area contributed by atoms with Gasteiger partial charge in [-0.1, -0.05) is 72.6 Å². The third kappa shape index (κ3) is 8.67. The highest BCUT2D eigenvalue weighted by Gasteiger charge is 2.34. The van der Waals surface area contributed by atoms with Crippen LogP contribution in [0.5, 0.6) is 0 Å². The van der Waals surface area contributed by atoms with Gasteiger partial charge in [-0.2, -0.15) is 0 Å². The third-order valence-corrected chi connectivity index (χ3v) is 8.24. The predicted molar refractivity (Wildman–Crippen MR) is 164 cm³/mol. The number of anilines is 1. The monoisotopic (exact) mass is 634 g/mol. The number of carbonyl (C=O) groups is 2. The zero-order valence-electron chi connectivity index (χ0n) is 23.4. The maximum Gasteiger partial charge on any atom is 0.271 e. The predicted octanol–water partition coefficient (Wildman–Crippen LogP) is 5.14. The van der Waals surface area contributed by atoms with Gasteiger partial charge in [0.15, 0.2) is 0 Å². The molecule has 3 rings (SSSR count). The molecule has 0 fully saturated rings. The summed E-state index contributed by atoms with van der Waals surface area (Å²) in [6.07, 6.45) is 1.71. The Morgan fingerprint density at radius 2 is 1.74 bits per heavy atom. The third-order valence-electron chi connectivity index (χ3n) is 6.53. The Bertz CT molecular complexity index is 1550. The van der Waals surface area contributed by atoms with Crippen LogP contribution in [-0.2, 0) is 32.6 Å². The Morgan fingerprint density at radius 1 is 1.05 bits per heavy atom. The van der Waals surface area contributed by atoms with E-state index in [1.165, 1.54) is 23.1 Å². The first kappa shape index (κ1) is 32.8. The lowest BCUT2D eigenvalue weighted by Gasteiger charge is -2.34. The number of hydrogen-bond acceptors (Lipinski definition) is 6. The molecule has 42 heavy (non-hydrogen) atoms. The van der Waals surface area contributed by atoms with E-state index in [0.29, 0.717) is 29.1 Å². The molecule has 0 saturated heterocycles. The number of non-ortho nitro benzene ring substituents is 1. The number of nitro groups is 1. The van der Waals surface area contributed by atoms with Crippen molar-refractivity contribution in [3.8, 4) is 0 Å². The molecule has 13 heteroatoms. The summed E-state index contributed by atoms with van der Waals surface area (Å²) in [6, 6.07) is 16.6. The smallest absolute Gasteiger partial charge is 0.271 e. The summed E-state index contributed by atoms with van der Waals surface area (Å²) in [5.41, 5.74) is 1.34. The molecule has 0 radical (unpaired) electrons. The number of amides is 2. The molecule has 0 unspecified atom stereocenters. The van der Waals surface area contributed by atoms with Crippen LogP contribution < -0.4 is 9.62 Å². The summed E-state index contributed by atoms with van der Waals surface area (Å²) in [6.45, 7) is 3.02. The molecule has 0 bridgehead atoms. The van der Waals surface area contributed by atoms with Gasteiger partial charge in [-0.25, -0.2) is 8.42 Å². The molecular formula is C29H32Cl2N4O6S. The number of nitrogens with zero attached hydrogens (tertiary/aromatic N) is 3. The van der Waals surface area contributed by atoms with Crippen LogP contribution in [0.1, 0.15) is 30.0 Å². The molecule has 2 amide bonds. The number of nitro benzene ring substituents is 1. The Morgan fingerprint density at radius 3 is 2.33 bits per heavy atom. The molecule has 3 aromatic rings. The molecule has 10 nitrogen and oxygen atoms in total. The summed E-state index contributed by atoms with van der Waals surface area (Å²) >= 11 is 12.5. The van der Waals surface area contributed by atoms with E-state index in [-0.39, 0.29) is 29.4 Å². The van der Waals surface area contributed by atoms with Crippen molar-refractivity contribution in [1.82, 2.24) is 10.2 Å². The van der Waals surface area contributed by atoms with Crippen LogP contribution in [0.2, 0.25) is 10.0 Å². The van der Waals surface area contributed by atoms with Crippen molar-refractivity contribution in [2.45, 2.75) is 39.3 Å². The van der Waals surface area contributed by atoms with Crippen LogP contribution in [0, 0.1) is 17.0 Å². The average Bonchev–Trinajstić information content (AvgIpc) is 2.93. The first-order chi connectivity index (χ1) is 19.8. The largest absolute Gasteiger partial charge is 0.354 e. The van der Waals surface area contributed by atoms with Gasteiger partial charge in [0.1, 0.15) is 12.6 Å². The van der Waals surface area contributed by atoms with Crippen LogP contribution in [0.3, 0.4) is 0 Å². The number of sulfonamides is 1. The maximum absolute atomic E-state index is 14.1. The van der Waals surface area contributed by atoms with E-state index < -0.39 is 39.3 Å². The first-order valence-electron chi connectivity index (χ1n) is 13.1. The van der Waals surface area contributed by atoms with E-state index in [9.17, 15) is 28.1 Å². The molecule has 1 atom stereocenters. The quantitative estimate of drug-likeness (QED) is 0.205. The highest BCUT2D eigenvalue weighted by molar-refractivity contribution is 7.92. The number of benzene rings is 3. The van der Waals surface area contributed by atoms with Gasteiger partial charge in [-0.3, -0.25) is 24.0 Å². The van der Waals surface area contributed by atoms with Crippen LogP contribution in [0.25, 0.3) is 0 Å². The Labute approximate surface area is 255 Å². The molecule has 224 valence electrons. The lowest BCUT2D eigenvalue weighted by molar-refractivity contribution is -0.384. The van der Waals surface area contributed by atoms with Crippen molar-refractivity contribution in [3.05, 3.63) is 104 Å². The second-order valence-electron chi connectivity index (χ2n) is 9.75. The van der Waals surface area contributed by atoms with Crippen molar-refractivity contribution >= 4 is 56.4 Å². The molecule has 3 aromatic carbocycles. The van der Waals surface area contributed by atoms with Crippen LogP contribution in [-0.4, -0.2) is 55.4 Å². The van der Waals surface area contributed by atoms with Gasteiger partial charge in [0, 0.05) is 41.7 Å². The van der Waals surface area contributed by atoms with Crippen molar-refractivity contribution in [3.63, 3.8) is 0 Å². The Hall–Kier alpha value is -3.67. The van der Waals surface area contributed by atoms with Crippen molar-refractivity contribution < 1.29 is 22.9 Å². The number of halogens is 2. The van der Waals surface area contributed by atoms with Gasteiger partial charge in [-0.05, 0) is 42.2 Å². The zero-order valence-corrected chi connectivity index (χ0v) is 25.7. The fraction of sp³-hybridized carbons (Fsp3) is 0.310. The molecule has 0 aliphatic heterocycles. The summed E-state index contributed by atoms with van der Waals surface area (Å²) in [5, 5.41) is 14.9. The molecule has 0 aliphatic carbocycles. The van der Waals surface area contributed by atoms with Gasteiger partial charge in [0.2, 0.25) is 21.8 Å². The topological polar surface area (TPSA) is 130 Å². The average molecular weight is 636 g/mol. The zero-order chi connectivity index (χ0) is 31.0. The second-order valence-corrected chi connectivity index (χ2v) is 12.5. The van der Waals surface area contributed by atoms with E-state index >= 15 is 0 Å². The van der Waals surface area contributed by atoms with Crippen molar-refractivity contribution in [1.29, 1.82) is 0 Å². The summed E-state index contributed by atoms with van der Waals surface area (Å²) < 4.78 is 26.8. The Balaban J connectivity index is 2.12. The number of aryl methyl sites for hydroxylation is 1. The molecule has 0 aromatic heterocycles. The normalized spacial score (nSPS) is 11.9. The Kier molecular flexibility index (Phi) is 11.3. The second kappa shape index (κ2) is 14.5. The fourth-order valence-electron chi connectivity index (χ4n) is 4.33. The van der Waals surface area contributed by atoms with Crippen LogP contribution in [0.15, 0.2) is 66.7 Å². The van der Waals surface area contributed by atoms with Crippen molar-refractivity contribution in [2.24, 2.45) is 0 Å². The van der Waals surface area contributed by atoms with E-state index in [0.717, 1.165) is 22.2 Å². The standard InChI is InChI=1S/C29H32Cl2N4O6S/c1-4-14-32-29(37)27(15-21-8-6-5-7-9-21)33(18-22-11-12-23(30)16-25(22)31)28(36)19-34(42(3,40)41)26-17-24(35(38)39)13-10-20(26)2/h5-13,16-17,27H,4,14-15,18-19H2,1-3H3,(H,32,37)/t27-/m1/s1. The summed E-state index contributed by atoms with van der Waals surface area (Å²) in [7, 11) is -4.10. The molecule has 0 aliphatic rings. The van der Waals surface area contributed by atoms with Gasteiger partial charge in [0.25, 0.3) is 5.69 Å². The molecule has 0 spiro atoms. The summed E-state index contributed by atoms with van der Waals surface area (Å²) in [5.74, 6) is -1.12. The van der Waals surface area contributed by atoms with Gasteiger partial charge in [0.05, 0.1) is 16.9 Å². The van der Waals surface area contributed by atoms with Gasteiger partial charge in [-0.15, -0.1) is 0 Å². The van der Waals surface area contributed by atoms with Crippen LogP contribution in [0.4, 0.5) is 11.4 Å². The lowest BCUT2D eigenvalue weighted by atomic mass is 10.0. The highest BCUT2D eigenvalue weighted by Crippen LogP contribution is 2.29. The number of hydrogen-bond donors (Lipinski definition) is 1. The van der Waals surface area contributed by atoms with Gasteiger partial charge >= 0.3 is 0 Å². The minimum absolute atomic E-state index is 0.0143. The highest BCUT2D eigenvalue weighted by atomic mass is 35.5. The van der Waals surface area contributed by atoms with Crippen LogP contribution >= 0.6 is 23.2 Å². The lowest BCUT2D eigenvalue weighted by Crippen LogP contribution is -2.53. The fourth-order valence-corrected chi connectivity index (χ4v) is 5.70. The number of carbonyl (C=O) groups excluding carboxylic acids is 2. The molecule has 0 heterocycles. The first-order valence-corrected chi connectivity index (χ1v) is 15.7. The van der Waals surface area contributed by atoms with E-state index in [4.69, 9.17) is 23.2 Å². The van der Waals surface area contributed by atoms with Gasteiger partial charge < -0.3 is 10.2 Å². The van der Waals surface area contributed by atoms with E-state index in [1.807, 2.05) is 37.3 Å². The minimum Gasteiger partial charge on any atom is -0.354 e. The molecule has 1 N–H and O–H groups in total. The number of nitrogens with one attached hydrogen (secondary N) is 1. The SMILES string of the molecule is CCCNC(=O)[C@@H](Cc1ccccc1)N(Cc1ccc(Cl)cc1Cl)C(=O)CN(c1cc([N+](=O)[O-])ccc1C)S(C)(=O)=O.